The van der Waals surface area contributed by atoms with Gasteiger partial charge in [-0.3, -0.25) is 0 Å². The van der Waals surface area contributed by atoms with E-state index in [9.17, 15) is 5.11 Å². The van der Waals surface area contributed by atoms with Crippen LogP contribution in [0.3, 0.4) is 0 Å². The summed E-state index contributed by atoms with van der Waals surface area (Å²) in [6.45, 7) is 6.96. The van der Waals surface area contributed by atoms with E-state index in [0.29, 0.717) is 34.1 Å². The second kappa shape index (κ2) is 7.34. The summed E-state index contributed by atoms with van der Waals surface area (Å²) in [5, 5.41) is 14.5. The lowest BCUT2D eigenvalue weighted by Crippen LogP contribution is -2.31. The molecule has 102 valence electrons. The van der Waals surface area contributed by atoms with Gasteiger partial charge < -0.3 is 10.4 Å². The van der Waals surface area contributed by atoms with Crippen LogP contribution in [0.4, 0.5) is 0 Å². The van der Waals surface area contributed by atoms with Gasteiger partial charge in [0.2, 0.25) is 0 Å². The molecule has 1 aromatic rings. The van der Waals surface area contributed by atoms with Crippen LogP contribution in [-0.2, 0) is 0 Å². The van der Waals surface area contributed by atoms with E-state index in [1.165, 1.54) is 0 Å². The van der Waals surface area contributed by atoms with Crippen molar-refractivity contribution in [1.29, 1.82) is 0 Å². The van der Waals surface area contributed by atoms with Gasteiger partial charge in [0.15, 0.2) is 0 Å². The van der Waals surface area contributed by atoms with Crippen LogP contribution in [0.25, 0.3) is 0 Å². The van der Waals surface area contributed by atoms with Crippen molar-refractivity contribution in [3.05, 3.63) is 33.8 Å². The van der Waals surface area contributed by atoms with Gasteiger partial charge in [0.05, 0.1) is 6.10 Å². The van der Waals surface area contributed by atoms with Crippen molar-refractivity contribution in [3.63, 3.8) is 0 Å². The van der Waals surface area contributed by atoms with Crippen LogP contribution in [0.2, 0.25) is 10.0 Å². The molecule has 4 heteroatoms. The van der Waals surface area contributed by atoms with E-state index in [4.69, 9.17) is 23.2 Å². The summed E-state index contributed by atoms with van der Waals surface area (Å²) in [5.74, 6) is 0.638. The Kier molecular flexibility index (Phi) is 6.44. The van der Waals surface area contributed by atoms with Crippen molar-refractivity contribution in [2.75, 3.05) is 6.54 Å². The van der Waals surface area contributed by atoms with E-state index in [-0.39, 0.29) is 0 Å². The quantitative estimate of drug-likeness (QED) is 0.828. The van der Waals surface area contributed by atoms with Gasteiger partial charge in [-0.05, 0) is 37.5 Å². The number of rotatable bonds is 6. The minimum absolute atomic E-state index is 0.373. The van der Waals surface area contributed by atoms with Gasteiger partial charge in [0, 0.05) is 28.2 Å². The normalized spacial score (nSPS) is 14.8. The van der Waals surface area contributed by atoms with Crippen LogP contribution >= 0.6 is 23.2 Å². The standard InChI is InChI=1S/C14H21Cl2NO/c1-9(2)6-10(3)17-8-14(18)12-7-11(15)4-5-13(12)16/h4-5,7,9-10,14,17-18H,6,8H2,1-3H3. The van der Waals surface area contributed by atoms with Gasteiger partial charge in [0.1, 0.15) is 0 Å². The largest absolute Gasteiger partial charge is 0.387 e. The maximum atomic E-state index is 10.1. The summed E-state index contributed by atoms with van der Waals surface area (Å²) in [5.41, 5.74) is 0.674. The average Bonchev–Trinajstić information content (AvgIpc) is 2.28. The van der Waals surface area contributed by atoms with Gasteiger partial charge >= 0.3 is 0 Å². The molecule has 0 spiro atoms. The molecule has 1 rings (SSSR count). The number of hydrogen-bond acceptors (Lipinski definition) is 2. The third-order valence-electron chi connectivity index (χ3n) is 2.80. The Hall–Kier alpha value is -0.280. The Bertz CT molecular complexity index is 382. The summed E-state index contributed by atoms with van der Waals surface area (Å²) in [6, 6.07) is 5.51. The Morgan fingerprint density at radius 3 is 2.50 bits per heavy atom. The molecule has 18 heavy (non-hydrogen) atoms. The second-order valence-electron chi connectivity index (χ2n) is 5.12. The van der Waals surface area contributed by atoms with Crippen molar-refractivity contribution in [2.24, 2.45) is 5.92 Å². The Balaban J connectivity index is 2.54. The van der Waals surface area contributed by atoms with Gasteiger partial charge in [-0.2, -0.15) is 0 Å². The fourth-order valence-electron chi connectivity index (χ4n) is 1.98. The Morgan fingerprint density at radius 1 is 1.22 bits per heavy atom. The zero-order valence-corrected chi connectivity index (χ0v) is 12.6. The Labute approximate surface area is 119 Å². The van der Waals surface area contributed by atoms with Crippen molar-refractivity contribution in [2.45, 2.75) is 39.3 Å². The number of nitrogens with one attached hydrogen (secondary N) is 1. The molecular formula is C14H21Cl2NO. The highest BCUT2D eigenvalue weighted by molar-refractivity contribution is 6.33. The van der Waals surface area contributed by atoms with Gasteiger partial charge in [-0.15, -0.1) is 0 Å². The first kappa shape index (κ1) is 15.8. The highest BCUT2D eigenvalue weighted by Gasteiger charge is 2.13. The molecule has 0 bridgehead atoms. The van der Waals surface area contributed by atoms with Crippen molar-refractivity contribution < 1.29 is 5.11 Å². The van der Waals surface area contributed by atoms with Crippen LogP contribution < -0.4 is 5.32 Å². The monoisotopic (exact) mass is 289 g/mol. The molecule has 0 aliphatic rings. The van der Waals surface area contributed by atoms with Crippen molar-refractivity contribution in [1.82, 2.24) is 5.32 Å². The van der Waals surface area contributed by atoms with Gasteiger partial charge in [0.25, 0.3) is 0 Å². The van der Waals surface area contributed by atoms with E-state index in [2.05, 4.69) is 26.1 Å². The zero-order valence-electron chi connectivity index (χ0n) is 11.1. The average molecular weight is 290 g/mol. The SMILES string of the molecule is CC(C)CC(C)NCC(O)c1cc(Cl)ccc1Cl. The molecule has 0 saturated heterocycles. The van der Waals surface area contributed by atoms with Crippen LogP contribution in [0.5, 0.6) is 0 Å². The molecule has 0 amide bonds. The van der Waals surface area contributed by atoms with Gasteiger partial charge in [-0.25, -0.2) is 0 Å². The number of aliphatic hydroxyl groups excluding tert-OH is 1. The summed E-state index contributed by atoms with van der Waals surface area (Å²) in [6.07, 6.45) is 0.446. The lowest BCUT2D eigenvalue weighted by molar-refractivity contribution is 0.169. The summed E-state index contributed by atoms with van der Waals surface area (Å²) in [4.78, 5) is 0. The molecule has 1 aromatic carbocycles. The first-order valence-corrected chi connectivity index (χ1v) is 7.02. The van der Waals surface area contributed by atoms with Crippen LogP contribution in [0.1, 0.15) is 38.9 Å². The maximum Gasteiger partial charge on any atom is 0.0929 e. The third-order valence-corrected chi connectivity index (χ3v) is 3.38. The summed E-state index contributed by atoms with van der Waals surface area (Å²) >= 11 is 11.9. The fraction of sp³-hybridized carbons (Fsp3) is 0.571. The van der Waals surface area contributed by atoms with E-state index in [1.54, 1.807) is 18.2 Å². The maximum absolute atomic E-state index is 10.1. The number of hydrogen-bond donors (Lipinski definition) is 2. The fourth-order valence-corrected chi connectivity index (χ4v) is 2.41. The second-order valence-corrected chi connectivity index (χ2v) is 5.96. The summed E-state index contributed by atoms with van der Waals surface area (Å²) in [7, 11) is 0. The zero-order chi connectivity index (χ0) is 13.7. The molecule has 0 aliphatic heterocycles. The molecule has 2 atom stereocenters. The Morgan fingerprint density at radius 2 is 1.89 bits per heavy atom. The lowest BCUT2D eigenvalue weighted by atomic mass is 10.0. The summed E-state index contributed by atoms with van der Waals surface area (Å²) < 4.78 is 0. The minimum atomic E-state index is -0.634. The molecule has 0 radical (unpaired) electrons. The number of benzene rings is 1. The predicted molar refractivity (Wildman–Crippen MR) is 78.3 cm³/mol. The molecule has 2 N–H and O–H groups in total. The highest BCUT2D eigenvalue weighted by atomic mass is 35.5. The van der Waals surface area contributed by atoms with Gasteiger partial charge in [-0.1, -0.05) is 37.0 Å². The molecule has 0 aromatic heterocycles. The van der Waals surface area contributed by atoms with E-state index >= 15 is 0 Å². The van der Waals surface area contributed by atoms with Crippen LogP contribution in [-0.4, -0.2) is 17.7 Å². The number of aliphatic hydroxyl groups is 1. The molecule has 2 unspecified atom stereocenters. The molecule has 0 aliphatic carbocycles. The van der Waals surface area contributed by atoms with Crippen molar-refractivity contribution >= 4 is 23.2 Å². The minimum Gasteiger partial charge on any atom is -0.387 e. The molecule has 0 saturated carbocycles. The van der Waals surface area contributed by atoms with E-state index < -0.39 is 6.10 Å². The lowest BCUT2D eigenvalue weighted by Gasteiger charge is -2.19. The third kappa shape index (κ3) is 5.15. The molecule has 2 nitrogen and oxygen atoms in total. The van der Waals surface area contributed by atoms with Crippen LogP contribution in [0, 0.1) is 5.92 Å². The topological polar surface area (TPSA) is 32.3 Å². The first-order chi connectivity index (χ1) is 8.40. The molecule has 0 fully saturated rings. The number of halogens is 2. The van der Waals surface area contributed by atoms with Crippen molar-refractivity contribution in [3.8, 4) is 0 Å². The molecular weight excluding hydrogens is 269 g/mol. The molecule has 0 heterocycles. The first-order valence-electron chi connectivity index (χ1n) is 6.26. The van der Waals surface area contributed by atoms with E-state index in [0.717, 1.165) is 6.42 Å². The van der Waals surface area contributed by atoms with Crippen LogP contribution in [0.15, 0.2) is 18.2 Å². The smallest absolute Gasteiger partial charge is 0.0929 e. The van der Waals surface area contributed by atoms with E-state index in [1.807, 2.05) is 0 Å². The predicted octanol–water partition coefficient (Wildman–Crippen LogP) is 4.05. The highest BCUT2D eigenvalue weighted by Crippen LogP contribution is 2.26.